The number of amides is 1. The fourth-order valence-corrected chi connectivity index (χ4v) is 4.29. The van der Waals surface area contributed by atoms with E-state index in [9.17, 15) is 4.79 Å². The number of benzene rings is 3. The first-order chi connectivity index (χ1) is 17.0. The number of nitrogens with zero attached hydrogens (tertiary/aromatic N) is 1. The third-order valence-electron chi connectivity index (χ3n) is 6.28. The van der Waals surface area contributed by atoms with E-state index >= 15 is 0 Å². The number of hydrogen-bond acceptors (Lipinski definition) is 3. The van der Waals surface area contributed by atoms with Gasteiger partial charge in [0, 0.05) is 23.5 Å². The Hall–Kier alpha value is -3.99. The van der Waals surface area contributed by atoms with Gasteiger partial charge >= 0.3 is 0 Å². The van der Waals surface area contributed by atoms with Gasteiger partial charge in [-0.1, -0.05) is 36.4 Å². The monoisotopic (exact) mass is 468 g/mol. The summed E-state index contributed by atoms with van der Waals surface area (Å²) in [6.07, 6.45) is 1.79. The highest BCUT2D eigenvalue weighted by molar-refractivity contribution is 5.97. The average Bonchev–Trinajstić information content (AvgIpc) is 3.25. The van der Waals surface area contributed by atoms with E-state index in [0.717, 1.165) is 47.0 Å². The lowest BCUT2D eigenvalue weighted by molar-refractivity contribution is 0.0938. The number of methoxy groups -OCH3 is 2. The molecule has 5 nitrogen and oxygen atoms in total. The highest BCUT2D eigenvalue weighted by Crippen LogP contribution is 2.32. The van der Waals surface area contributed by atoms with Crippen LogP contribution in [-0.2, 0) is 6.42 Å². The number of aromatic nitrogens is 1. The molecule has 4 rings (SSSR count). The Bertz CT molecular complexity index is 1280. The molecule has 0 saturated heterocycles. The molecule has 4 aromatic rings. The smallest absolute Gasteiger partial charge is 0.253 e. The van der Waals surface area contributed by atoms with E-state index in [4.69, 9.17) is 9.47 Å². The second-order valence-corrected chi connectivity index (χ2v) is 8.69. The second-order valence-electron chi connectivity index (χ2n) is 8.69. The lowest BCUT2D eigenvalue weighted by atomic mass is 10.1. The molecule has 0 saturated carbocycles. The predicted molar refractivity (Wildman–Crippen MR) is 141 cm³/mol. The van der Waals surface area contributed by atoms with Gasteiger partial charge in [0.25, 0.3) is 5.91 Å². The maximum Gasteiger partial charge on any atom is 0.253 e. The second kappa shape index (κ2) is 11.0. The zero-order valence-electron chi connectivity index (χ0n) is 20.7. The molecule has 1 atom stereocenters. The van der Waals surface area contributed by atoms with Crippen LogP contribution in [-0.4, -0.2) is 30.7 Å². The zero-order chi connectivity index (χ0) is 24.8. The summed E-state index contributed by atoms with van der Waals surface area (Å²) in [5.41, 5.74) is 5.66. The van der Waals surface area contributed by atoms with Crippen LogP contribution in [0.4, 0.5) is 0 Å². The molecular formula is C30H32N2O3. The fraction of sp³-hybridized carbons (Fsp3) is 0.233. The Balaban J connectivity index is 1.65. The maximum absolute atomic E-state index is 13.4. The highest BCUT2D eigenvalue weighted by Gasteiger charge is 2.21. The Labute approximate surface area is 207 Å². The van der Waals surface area contributed by atoms with Gasteiger partial charge in [0.15, 0.2) is 0 Å². The van der Waals surface area contributed by atoms with E-state index in [-0.39, 0.29) is 11.9 Å². The number of carbonyl (C=O) groups is 1. The lowest BCUT2D eigenvalue weighted by Gasteiger charge is -2.15. The molecule has 1 unspecified atom stereocenters. The normalized spacial score (nSPS) is 11.7. The van der Waals surface area contributed by atoms with Crippen LogP contribution in [0.1, 0.15) is 35.0 Å². The number of aryl methyl sites for hydroxylation is 1. The SMILES string of the molecule is COc1ccc(-c2cc(C(=O)NC(C)CCc3ccccc3)c(C)n2-c2cccc(OC)c2)cc1. The van der Waals surface area contributed by atoms with Crippen molar-refractivity contribution in [2.24, 2.45) is 0 Å². The molecule has 0 radical (unpaired) electrons. The summed E-state index contributed by atoms with van der Waals surface area (Å²) in [6.45, 7) is 4.04. The first-order valence-electron chi connectivity index (χ1n) is 11.9. The molecule has 1 amide bonds. The molecule has 180 valence electrons. The standard InChI is InChI=1S/C30H32N2O3/c1-21(13-14-23-9-6-5-7-10-23)31-30(33)28-20-29(24-15-17-26(34-3)18-16-24)32(22(28)2)25-11-8-12-27(19-25)35-4/h5-12,15-21H,13-14H2,1-4H3,(H,31,33). The van der Waals surface area contributed by atoms with E-state index < -0.39 is 0 Å². The highest BCUT2D eigenvalue weighted by atomic mass is 16.5. The van der Waals surface area contributed by atoms with Crippen LogP contribution < -0.4 is 14.8 Å². The summed E-state index contributed by atoms with van der Waals surface area (Å²) in [4.78, 5) is 13.4. The number of ether oxygens (including phenoxy) is 2. The summed E-state index contributed by atoms with van der Waals surface area (Å²) >= 11 is 0. The minimum atomic E-state index is -0.0699. The van der Waals surface area contributed by atoms with Crippen LogP contribution in [0.2, 0.25) is 0 Å². The van der Waals surface area contributed by atoms with Crippen LogP contribution in [0.3, 0.4) is 0 Å². The Morgan fingerprint density at radius 3 is 2.29 bits per heavy atom. The van der Waals surface area contributed by atoms with Crippen molar-refractivity contribution < 1.29 is 14.3 Å². The first kappa shape index (κ1) is 24.1. The van der Waals surface area contributed by atoms with Gasteiger partial charge in [-0.05, 0) is 80.3 Å². The number of hydrogen-bond donors (Lipinski definition) is 1. The number of nitrogens with one attached hydrogen (secondary N) is 1. The molecule has 0 aliphatic rings. The Morgan fingerprint density at radius 1 is 0.886 bits per heavy atom. The molecule has 35 heavy (non-hydrogen) atoms. The van der Waals surface area contributed by atoms with E-state index in [1.165, 1.54) is 5.56 Å². The van der Waals surface area contributed by atoms with Gasteiger partial charge in [-0.3, -0.25) is 4.79 Å². The van der Waals surface area contributed by atoms with Gasteiger partial charge in [0.05, 0.1) is 25.5 Å². The third-order valence-corrected chi connectivity index (χ3v) is 6.28. The molecule has 0 aliphatic heterocycles. The topological polar surface area (TPSA) is 52.5 Å². The molecule has 0 spiro atoms. The molecular weight excluding hydrogens is 436 g/mol. The van der Waals surface area contributed by atoms with E-state index in [1.54, 1.807) is 14.2 Å². The minimum Gasteiger partial charge on any atom is -0.497 e. The summed E-state index contributed by atoms with van der Waals surface area (Å²) in [7, 11) is 3.31. The Kier molecular flexibility index (Phi) is 7.56. The lowest BCUT2D eigenvalue weighted by Crippen LogP contribution is -2.33. The molecule has 3 aromatic carbocycles. The van der Waals surface area contributed by atoms with Crippen molar-refractivity contribution in [3.05, 3.63) is 102 Å². The quantitative estimate of drug-likeness (QED) is 0.317. The van der Waals surface area contributed by atoms with Gasteiger partial charge in [-0.25, -0.2) is 0 Å². The predicted octanol–water partition coefficient (Wildman–Crippen LogP) is 6.22. The van der Waals surface area contributed by atoms with Gasteiger partial charge < -0.3 is 19.4 Å². The van der Waals surface area contributed by atoms with Crippen molar-refractivity contribution in [2.75, 3.05) is 14.2 Å². The van der Waals surface area contributed by atoms with Crippen LogP contribution in [0.25, 0.3) is 16.9 Å². The molecule has 1 aromatic heterocycles. The van der Waals surface area contributed by atoms with Crippen LogP contribution in [0.15, 0.2) is 84.9 Å². The molecule has 5 heteroatoms. The minimum absolute atomic E-state index is 0.0479. The number of carbonyl (C=O) groups excluding carboxylic acids is 1. The van der Waals surface area contributed by atoms with Gasteiger partial charge in [0.1, 0.15) is 11.5 Å². The molecule has 1 N–H and O–H groups in total. The van der Waals surface area contributed by atoms with E-state index in [0.29, 0.717) is 5.56 Å². The molecule has 1 heterocycles. The average molecular weight is 469 g/mol. The largest absolute Gasteiger partial charge is 0.497 e. The number of rotatable bonds is 9. The molecule has 0 bridgehead atoms. The van der Waals surface area contributed by atoms with Gasteiger partial charge in [0.2, 0.25) is 0 Å². The van der Waals surface area contributed by atoms with Crippen molar-refractivity contribution >= 4 is 5.91 Å². The molecule has 0 fully saturated rings. The van der Waals surface area contributed by atoms with Crippen molar-refractivity contribution in [3.8, 4) is 28.4 Å². The van der Waals surface area contributed by atoms with Crippen LogP contribution in [0, 0.1) is 6.92 Å². The Morgan fingerprint density at radius 2 is 1.60 bits per heavy atom. The van der Waals surface area contributed by atoms with Crippen LogP contribution in [0.5, 0.6) is 11.5 Å². The van der Waals surface area contributed by atoms with Crippen molar-refractivity contribution in [1.82, 2.24) is 9.88 Å². The first-order valence-corrected chi connectivity index (χ1v) is 11.9. The van der Waals surface area contributed by atoms with Gasteiger partial charge in [-0.15, -0.1) is 0 Å². The van der Waals surface area contributed by atoms with Gasteiger partial charge in [-0.2, -0.15) is 0 Å². The van der Waals surface area contributed by atoms with E-state index in [2.05, 4.69) is 28.9 Å². The summed E-state index contributed by atoms with van der Waals surface area (Å²) in [5, 5.41) is 3.19. The van der Waals surface area contributed by atoms with Crippen molar-refractivity contribution in [3.63, 3.8) is 0 Å². The zero-order valence-corrected chi connectivity index (χ0v) is 20.7. The summed E-state index contributed by atoms with van der Waals surface area (Å²) < 4.78 is 12.9. The van der Waals surface area contributed by atoms with Crippen LogP contribution >= 0.6 is 0 Å². The molecule has 0 aliphatic carbocycles. The fourth-order valence-electron chi connectivity index (χ4n) is 4.29. The third kappa shape index (κ3) is 5.57. The maximum atomic E-state index is 13.4. The van der Waals surface area contributed by atoms with Crippen molar-refractivity contribution in [2.45, 2.75) is 32.7 Å². The summed E-state index contributed by atoms with van der Waals surface area (Å²) in [6, 6.07) is 28.1. The summed E-state index contributed by atoms with van der Waals surface area (Å²) in [5.74, 6) is 1.48. The van der Waals surface area contributed by atoms with E-state index in [1.807, 2.05) is 79.7 Å². The van der Waals surface area contributed by atoms with Crippen molar-refractivity contribution in [1.29, 1.82) is 0 Å².